The average Bonchev–Trinajstić information content (AvgIpc) is 2.29. The van der Waals surface area contributed by atoms with Crippen molar-refractivity contribution >= 4 is 17.5 Å². The average molecular weight is 255 g/mol. The molecule has 0 aliphatic rings. The number of nitrogens with one attached hydrogen (secondary N) is 1. The minimum absolute atomic E-state index is 0.126. The summed E-state index contributed by atoms with van der Waals surface area (Å²) < 4.78 is 0. The predicted octanol–water partition coefficient (Wildman–Crippen LogP) is 2.64. The number of hydrogen-bond acceptors (Lipinski definition) is 2. The van der Waals surface area contributed by atoms with Gasteiger partial charge in [0.2, 0.25) is 5.91 Å². The number of nitrogens with two attached hydrogens (primary N) is 1. The van der Waals surface area contributed by atoms with E-state index < -0.39 is 6.04 Å². The molecule has 1 aromatic carbocycles. The second-order valence-electron chi connectivity index (χ2n) is 4.15. The van der Waals surface area contributed by atoms with Crippen LogP contribution in [0.5, 0.6) is 0 Å². The molecule has 0 heterocycles. The lowest BCUT2D eigenvalue weighted by Crippen LogP contribution is -2.41. The van der Waals surface area contributed by atoms with Gasteiger partial charge in [-0.05, 0) is 25.0 Å². The van der Waals surface area contributed by atoms with Crippen LogP contribution in [-0.2, 0) is 4.79 Å². The van der Waals surface area contributed by atoms with Gasteiger partial charge >= 0.3 is 0 Å². The number of carbonyl (C=O) groups excluding carboxylic acids is 1. The number of carbonyl (C=O) groups is 1. The Hall–Kier alpha value is -1.06. The smallest absolute Gasteiger partial charge is 0.237 e. The molecule has 0 saturated heterocycles. The van der Waals surface area contributed by atoms with Gasteiger partial charge < -0.3 is 11.1 Å². The quantitative estimate of drug-likeness (QED) is 0.849. The van der Waals surface area contributed by atoms with Crippen molar-refractivity contribution in [2.75, 3.05) is 0 Å². The molecule has 0 aliphatic carbocycles. The standard InChI is InChI=1S/C13H19ClN2O/c1-3-6-12(15)13(17)16-9(2)10-7-4-5-8-11(10)14/h4-5,7-9,12H,3,6,15H2,1-2H3,(H,16,17)/t9-,12?/m1/s1. The molecule has 3 nitrogen and oxygen atoms in total. The van der Waals surface area contributed by atoms with Crippen molar-refractivity contribution in [2.45, 2.75) is 38.8 Å². The monoisotopic (exact) mass is 254 g/mol. The van der Waals surface area contributed by atoms with E-state index in [2.05, 4.69) is 5.32 Å². The molecule has 2 atom stereocenters. The minimum Gasteiger partial charge on any atom is -0.348 e. The van der Waals surface area contributed by atoms with E-state index in [1.165, 1.54) is 0 Å². The summed E-state index contributed by atoms with van der Waals surface area (Å²) in [7, 11) is 0. The van der Waals surface area contributed by atoms with Crippen LogP contribution in [0.4, 0.5) is 0 Å². The number of rotatable bonds is 5. The summed E-state index contributed by atoms with van der Waals surface area (Å²) in [6, 6.07) is 6.91. The Morgan fingerprint density at radius 2 is 2.12 bits per heavy atom. The van der Waals surface area contributed by atoms with Crippen molar-refractivity contribution in [2.24, 2.45) is 5.73 Å². The highest BCUT2D eigenvalue weighted by atomic mass is 35.5. The fourth-order valence-corrected chi connectivity index (χ4v) is 1.97. The molecule has 94 valence electrons. The Labute approximate surface area is 107 Å². The first-order valence-corrected chi connectivity index (χ1v) is 6.24. The summed E-state index contributed by atoms with van der Waals surface area (Å²) in [6.07, 6.45) is 1.59. The van der Waals surface area contributed by atoms with Crippen LogP contribution in [-0.4, -0.2) is 11.9 Å². The van der Waals surface area contributed by atoms with E-state index in [4.69, 9.17) is 17.3 Å². The molecule has 0 bridgehead atoms. The Morgan fingerprint density at radius 1 is 1.47 bits per heavy atom. The number of amides is 1. The van der Waals surface area contributed by atoms with Crippen LogP contribution in [0, 0.1) is 0 Å². The second-order valence-corrected chi connectivity index (χ2v) is 4.55. The van der Waals surface area contributed by atoms with Gasteiger partial charge in [0.25, 0.3) is 0 Å². The predicted molar refractivity (Wildman–Crippen MR) is 70.9 cm³/mol. The van der Waals surface area contributed by atoms with Gasteiger partial charge in [-0.1, -0.05) is 43.1 Å². The van der Waals surface area contributed by atoms with E-state index in [-0.39, 0.29) is 11.9 Å². The molecule has 1 aromatic rings. The van der Waals surface area contributed by atoms with Crippen molar-refractivity contribution in [3.05, 3.63) is 34.9 Å². The Balaban J connectivity index is 2.63. The Kier molecular flexibility index (Phi) is 5.45. The summed E-state index contributed by atoms with van der Waals surface area (Å²) in [5.41, 5.74) is 6.66. The summed E-state index contributed by atoms with van der Waals surface area (Å²) in [5.74, 6) is -0.126. The lowest BCUT2D eigenvalue weighted by atomic mass is 10.1. The van der Waals surface area contributed by atoms with Crippen LogP contribution in [0.15, 0.2) is 24.3 Å². The molecule has 0 aliphatic heterocycles. The zero-order valence-electron chi connectivity index (χ0n) is 10.2. The molecule has 1 unspecified atom stereocenters. The number of halogens is 1. The molecule has 0 saturated carbocycles. The van der Waals surface area contributed by atoms with E-state index in [9.17, 15) is 4.79 Å². The summed E-state index contributed by atoms with van der Waals surface area (Å²) in [4.78, 5) is 11.7. The van der Waals surface area contributed by atoms with E-state index >= 15 is 0 Å². The molecule has 0 fully saturated rings. The highest BCUT2D eigenvalue weighted by molar-refractivity contribution is 6.31. The van der Waals surface area contributed by atoms with E-state index in [0.717, 1.165) is 12.0 Å². The van der Waals surface area contributed by atoms with Gasteiger partial charge in [0, 0.05) is 5.02 Å². The molecule has 1 amide bonds. The third-order valence-corrected chi connectivity index (χ3v) is 3.01. The zero-order valence-corrected chi connectivity index (χ0v) is 11.0. The van der Waals surface area contributed by atoms with Crippen LogP contribution in [0.25, 0.3) is 0 Å². The van der Waals surface area contributed by atoms with E-state index in [1.807, 2.05) is 38.1 Å². The van der Waals surface area contributed by atoms with Gasteiger partial charge in [-0.15, -0.1) is 0 Å². The molecule has 0 radical (unpaired) electrons. The van der Waals surface area contributed by atoms with Crippen LogP contribution in [0.2, 0.25) is 5.02 Å². The van der Waals surface area contributed by atoms with E-state index in [1.54, 1.807) is 0 Å². The van der Waals surface area contributed by atoms with Crippen LogP contribution < -0.4 is 11.1 Å². The van der Waals surface area contributed by atoms with Crippen molar-refractivity contribution in [3.63, 3.8) is 0 Å². The molecule has 17 heavy (non-hydrogen) atoms. The maximum absolute atomic E-state index is 11.7. The fraction of sp³-hybridized carbons (Fsp3) is 0.462. The number of hydrogen-bond donors (Lipinski definition) is 2. The fourth-order valence-electron chi connectivity index (χ4n) is 1.67. The van der Waals surface area contributed by atoms with Crippen molar-refractivity contribution < 1.29 is 4.79 Å². The largest absolute Gasteiger partial charge is 0.348 e. The molecule has 3 N–H and O–H groups in total. The molecule has 0 spiro atoms. The topological polar surface area (TPSA) is 55.1 Å². The van der Waals surface area contributed by atoms with Crippen molar-refractivity contribution in [3.8, 4) is 0 Å². The SMILES string of the molecule is CCCC(N)C(=O)N[C@H](C)c1ccccc1Cl. The molecule has 1 rings (SSSR count). The maximum atomic E-state index is 11.7. The summed E-state index contributed by atoms with van der Waals surface area (Å²) in [5, 5.41) is 3.53. The van der Waals surface area contributed by atoms with Gasteiger partial charge in [-0.3, -0.25) is 4.79 Å². The van der Waals surface area contributed by atoms with E-state index in [0.29, 0.717) is 11.4 Å². The maximum Gasteiger partial charge on any atom is 0.237 e. The summed E-state index contributed by atoms with van der Waals surface area (Å²) >= 11 is 6.06. The molecule has 0 aromatic heterocycles. The normalized spacial score (nSPS) is 14.1. The Bertz CT molecular complexity index is 381. The summed E-state index contributed by atoms with van der Waals surface area (Å²) in [6.45, 7) is 3.91. The molecular weight excluding hydrogens is 236 g/mol. The first kappa shape index (κ1) is 14.0. The third-order valence-electron chi connectivity index (χ3n) is 2.67. The van der Waals surface area contributed by atoms with Crippen molar-refractivity contribution in [1.82, 2.24) is 5.32 Å². The lowest BCUT2D eigenvalue weighted by Gasteiger charge is -2.18. The van der Waals surface area contributed by atoms with Crippen LogP contribution >= 0.6 is 11.6 Å². The zero-order chi connectivity index (χ0) is 12.8. The second kappa shape index (κ2) is 6.62. The molecular formula is C13H19ClN2O. The van der Waals surface area contributed by atoms with Gasteiger partial charge in [0.15, 0.2) is 0 Å². The van der Waals surface area contributed by atoms with Crippen LogP contribution in [0.3, 0.4) is 0 Å². The minimum atomic E-state index is -0.440. The first-order valence-electron chi connectivity index (χ1n) is 5.86. The number of benzene rings is 1. The van der Waals surface area contributed by atoms with Crippen molar-refractivity contribution in [1.29, 1.82) is 0 Å². The van der Waals surface area contributed by atoms with Gasteiger partial charge in [0.05, 0.1) is 12.1 Å². The lowest BCUT2D eigenvalue weighted by molar-refractivity contribution is -0.123. The van der Waals surface area contributed by atoms with Crippen LogP contribution in [0.1, 0.15) is 38.3 Å². The Morgan fingerprint density at radius 3 is 2.71 bits per heavy atom. The highest BCUT2D eigenvalue weighted by Gasteiger charge is 2.16. The first-order chi connectivity index (χ1) is 8.06. The molecule has 4 heteroatoms. The van der Waals surface area contributed by atoms with Gasteiger partial charge in [-0.2, -0.15) is 0 Å². The third kappa shape index (κ3) is 4.02. The van der Waals surface area contributed by atoms with Gasteiger partial charge in [0.1, 0.15) is 0 Å². The van der Waals surface area contributed by atoms with Gasteiger partial charge in [-0.25, -0.2) is 0 Å². The highest BCUT2D eigenvalue weighted by Crippen LogP contribution is 2.22.